The lowest BCUT2D eigenvalue weighted by molar-refractivity contribution is -0.135. The Morgan fingerprint density at radius 3 is 2.89 bits per heavy atom. The average molecular weight is 249 g/mol. The van der Waals surface area contributed by atoms with Crippen molar-refractivity contribution in [1.82, 2.24) is 5.48 Å². The maximum atomic E-state index is 11.8. The van der Waals surface area contributed by atoms with E-state index in [1.807, 2.05) is 24.3 Å². The third-order valence-corrected chi connectivity index (χ3v) is 2.64. The average Bonchev–Trinajstić information content (AvgIpc) is 2.39. The SMILES string of the molecule is C=CCC(Cc1cccc(OC)c1)C(=O)NOC. The van der Waals surface area contributed by atoms with E-state index in [-0.39, 0.29) is 11.8 Å². The Labute approximate surface area is 108 Å². The molecule has 0 fully saturated rings. The zero-order valence-corrected chi connectivity index (χ0v) is 10.8. The number of amides is 1. The maximum Gasteiger partial charge on any atom is 0.247 e. The van der Waals surface area contributed by atoms with E-state index in [9.17, 15) is 4.79 Å². The van der Waals surface area contributed by atoms with Crippen LogP contribution in [0.4, 0.5) is 0 Å². The number of carbonyl (C=O) groups excluding carboxylic acids is 1. The summed E-state index contributed by atoms with van der Waals surface area (Å²) in [6.07, 6.45) is 2.96. The molecule has 0 bridgehead atoms. The Morgan fingerprint density at radius 1 is 1.50 bits per heavy atom. The highest BCUT2D eigenvalue weighted by atomic mass is 16.6. The van der Waals surface area contributed by atoms with Crippen LogP contribution in [-0.4, -0.2) is 20.1 Å². The van der Waals surface area contributed by atoms with Crippen LogP contribution in [0.25, 0.3) is 0 Å². The van der Waals surface area contributed by atoms with Gasteiger partial charge in [-0.2, -0.15) is 0 Å². The molecule has 1 N–H and O–H groups in total. The number of rotatable bonds is 7. The first-order chi connectivity index (χ1) is 8.71. The summed E-state index contributed by atoms with van der Waals surface area (Å²) in [6.45, 7) is 3.67. The molecule has 1 aromatic carbocycles. The van der Waals surface area contributed by atoms with Crippen LogP contribution in [0.5, 0.6) is 5.75 Å². The third-order valence-electron chi connectivity index (χ3n) is 2.64. The van der Waals surface area contributed by atoms with E-state index in [1.54, 1.807) is 13.2 Å². The highest BCUT2D eigenvalue weighted by Crippen LogP contribution is 2.18. The van der Waals surface area contributed by atoms with Crippen LogP contribution in [0.1, 0.15) is 12.0 Å². The standard InChI is InChI=1S/C14H19NO3/c1-4-6-12(14(16)15-18-3)9-11-7-5-8-13(10-11)17-2/h4-5,7-8,10,12H,1,6,9H2,2-3H3,(H,15,16). The van der Waals surface area contributed by atoms with Crippen molar-refractivity contribution in [3.63, 3.8) is 0 Å². The van der Waals surface area contributed by atoms with Crippen molar-refractivity contribution in [2.45, 2.75) is 12.8 Å². The summed E-state index contributed by atoms with van der Waals surface area (Å²) in [4.78, 5) is 16.4. The fourth-order valence-electron chi connectivity index (χ4n) is 1.75. The number of nitrogens with one attached hydrogen (secondary N) is 1. The Bertz CT molecular complexity index is 404. The molecule has 0 aliphatic rings. The minimum atomic E-state index is -0.186. The highest BCUT2D eigenvalue weighted by molar-refractivity contribution is 5.78. The molecular weight excluding hydrogens is 230 g/mol. The lowest BCUT2D eigenvalue weighted by Crippen LogP contribution is -2.30. The van der Waals surface area contributed by atoms with Crippen molar-refractivity contribution in [1.29, 1.82) is 0 Å². The summed E-state index contributed by atoms with van der Waals surface area (Å²) in [5.74, 6) is 0.465. The van der Waals surface area contributed by atoms with Gasteiger partial charge in [-0.25, -0.2) is 5.48 Å². The van der Waals surface area contributed by atoms with Gasteiger partial charge in [0.15, 0.2) is 0 Å². The monoisotopic (exact) mass is 249 g/mol. The van der Waals surface area contributed by atoms with Crippen LogP contribution in [0.2, 0.25) is 0 Å². The Balaban J connectivity index is 2.75. The second kappa shape index (κ2) is 7.50. The number of hydrogen-bond donors (Lipinski definition) is 1. The molecule has 0 aliphatic heterocycles. The summed E-state index contributed by atoms with van der Waals surface area (Å²) in [6, 6.07) is 7.68. The zero-order valence-electron chi connectivity index (χ0n) is 10.8. The lowest BCUT2D eigenvalue weighted by Gasteiger charge is -2.14. The van der Waals surface area contributed by atoms with Gasteiger partial charge in [-0.1, -0.05) is 18.2 Å². The van der Waals surface area contributed by atoms with Gasteiger partial charge in [0.1, 0.15) is 5.75 Å². The van der Waals surface area contributed by atoms with Crippen LogP contribution in [-0.2, 0) is 16.1 Å². The molecule has 0 radical (unpaired) electrons. The number of ether oxygens (including phenoxy) is 1. The molecule has 98 valence electrons. The predicted molar refractivity (Wildman–Crippen MR) is 70.2 cm³/mol. The van der Waals surface area contributed by atoms with Gasteiger partial charge in [0.25, 0.3) is 0 Å². The quantitative estimate of drug-likeness (QED) is 0.594. The first kappa shape index (κ1) is 14.3. The van der Waals surface area contributed by atoms with E-state index in [2.05, 4.69) is 16.9 Å². The molecular formula is C14H19NO3. The fraction of sp³-hybridized carbons (Fsp3) is 0.357. The van der Waals surface area contributed by atoms with E-state index in [4.69, 9.17) is 4.74 Å². The van der Waals surface area contributed by atoms with E-state index in [0.29, 0.717) is 12.8 Å². The van der Waals surface area contributed by atoms with Gasteiger partial charge in [-0.05, 0) is 30.5 Å². The molecule has 4 nitrogen and oxygen atoms in total. The molecule has 1 aromatic rings. The maximum absolute atomic E-state index is 11.8. The zero-order chi connectivity index (χ0) is 13.4. The summed E-state index contributed by atoms with van der Waals surface area (Å²) >= 11 is 0. The second-order valence-corrected chi connectivity index (χ2v) is 3.95. The van der Waals surface area contributed by atoms with Gasteiger partial charge in [-0.3, -0.25) is 9.63 Å². The topological polar surface area (TPSA) is 47.6 Å². The van der Waals surface area contributed by atoms with E-state index < -0.39 is 0 Å². The number of hydrogen-bond acceptors (Lipinski definition) is 3. The van der Waals surface area contributed by atoms with Crippen LogP contribution < -0.4 is 10.2 Å². The van der Waals surface area contributed by atoms with Crippen LogP contribution in [0, 0.1) is 5.92 Å². The first-order valence-electron chi connectivity index (χ1n) is 5.78. The number of carbonyl (C=O) groups is 1. The Morgan fingerprint density at radius 2 is 2.28 bits per heavy atom. The van der Waals surface area contributed by atoms with Crippen LogP contribution in [0.15, 0.2) is 36.9 Å². The summed E-state index contributed by atoms with van der Waals surface area (Å²) in [7, 11) is 3.05. The van der Waals surface area contributed by atoms with Gasteiger partial charge in [-0.15, -0.1) is 6.58 Å². The summed E-state index contributed by atoms with van der Waals surface area (Å²) < 4.78 is 5.16. The summed E-state index contributed by atoms with van der Waals surface area (Å²) in [5, 5.41) is 0. The van der Waals surface area contributed by atoms with Crippen molar-refractivity contribution < 1.29 is 14.4 Å². The van der Waals surface area contributed by atoms with Crippen molar-refractivity contribution in [2.75, 3.05) is 14.2 Å². The number of benzene rings is 1. The minimum absolute atomic E-state index is 0.139. The molecule has 0 aliphatic carbocycles. The largest absolute Gasteiger partial charge is 0.497 e. The molecule has 4 heteroatoms. The highest BCUT2D eigenvalue weighted by Gasteiger charge is 2.17. The van der Waals surface area contributed by atoms with Gasteiger partial charge in [0.05, 0.1) is 14.2 Å². The molecule has 1 atom stereocenters. The Kier molecular flexibility index (Phi) is 5.94. The number of methoxy groups -OCH3 is 1. The van der Waals surface area contributed by atoms with Gasteiger partial charge in [0, 0.05) is 5.92 Å². The van der Waals surface area contributed by atoms with Crippen molar-refractivity contribution in [3.05, 3.63) is 42.5 Å². The fourth-order valence-corrected chi connectivity index (χ4v) is 1.75. The van der Waals surface area contributed by atoms with Crippen LogP contribution in [0.3, 0.4) is 0 Å². The van der Waals surface area contributed by atoms with Gasteiger partial charge < -0.3 is 4.74 Å². The van der Waals surface area contributed by atoms with E-state index in [0.717, 1.165) is 11.3 Å². The summed E-state index contributed by atoms with van der Waals surface area (Å²) in [5.41, 5.74) is 3.41. The second-order valence-electron chi connectivity index (χ2n) is 3.95. The molecule has 0 heterocycles. The van der Waals surface area contributed by atoms with Crippen LogP contribution >= 0.6 is 0 Å². The third kappa shape index (κ3) is 4.22. The predicted octanol–water partition coefficient (Wildman–Crippen LogP) is 2.11. The van der Waals surface area contributed by atoms with Crippen molar-refractivity contribution in [3.8, 4) is 5.75 Å². The van der Waals surface area contributed by atoms with E-state index in [1.165, 1.54) is 7.11 Å². The van der Waals surface area contributed by atoms with Gasteiger partial charge in [0.2, 0.25) is 5.91 Å². The normalized spacial score (nSPS) is 11.7. The molecule has 1 unspecified atom stereocenters. The molecule has 0 spiro atoms. The number of hydroxylamine groups is 1. The van der Waals surface area contributed by atoms with Crippen molar-refractivity contribution >= 4 is 5.91 Å². The minimum Gasteiger partial charge on any atom is -0.497 e. The molecule has 1 rings (SSSR count). The van der Waals surface area contributed by atoms with Crippen molar-refractivity contribution in [2.24, 2.45) is 5.92 Å². The van der Waals surface area contributed by atoms with Gasteiger partial charge >= 0.3 is 0 Å². The lowest BCUT2D eigenvalue weighted by atomic mass is 9.95. The van der Waals surface area contributed by atoms with E-state index >= 15 is 0 Å². The molecule has 0 saturated carbocycles. The molecule has 0 aromatic heterocycles. The number of allylic oxidation sites excluding steroid dienone is 1. The first-order valence-corrected chi connectivity index (χ1v) is 5.78. The Hall–Kier alpha value is -1.81. The molecule has 0 saturated heterocycles. The smallest absolute Gasteiger partial charge is 0.247 e. The molecule has 18 heavy (non-hydrogen) atoms. The molecule has 1 amide bonds.